The minimum absolute atomic E-state index is 0.357. The highest BCUT2D eigenvalue weighted by Crippen LogP contribution is 2.30. The van der Waals surface area contributed by atoms with Crippen LogP contribution in [0.1, 0.15) is 16.9 Å². The van der Waals surface area contributed by atoms with Gasteiger partial charge in [0.25, 0.3) is 0 Å². The second-order valence-electron chi connectivity index (χ2n) is 5.25. The maximum Gasteiger partial charge on any atom is 0.165 e. The number of nitriles is 1. The van der Waals surface area contributed by atoms with Gasteiger partial charge < -0.3 is 4.42 Å². The van der Waals surface area contributed by atoms with Crippen LogP contribution < -0.4 is 0 Å². The van der Waals surface area contributed by atoms with Crippen molar-refractivity contribution < 1.29 is 8.81 Å². The summed E-state index contributed by atoms with van der Waals surface area (Å²) >= 11 is 1.51. The third-order valence-electron chi connectivity index (χ3n) is 3.38. The Bertz CT molecular complexity index is 919. The average molecular weight is 335 g/mol. The number of nitrogens with zero attached hydrogens (tertiary/aromatic N) is 1. The maximum atomic E-state index is 13.3. The summed E-state index contributed by atoms with van der Waals surface area (Å²) in [7, 11) is 0. The number of hydrogen-bond acceptors (Lipinski definition) is 3. The molecule has 118 valence electrons. The molecule has 0 N–H and O–H groups in total. The highest BCUT2D eigenvalue weighted by molar-refractivity contribution is 7.99. The van der Waals surface area contributed by atoms with Crippen LogP contribution in [0.25, 0.3) is 11.6 Å². The Morgan fingerprint density at radius 3 is 2.62 bits per heavy atom. The Morgan fingerprint density at radius 2 is 1.92 bits per heavy atom. The zero-order chi connectivity index (χ0) is 16.9. The summed E-state index contributed by atoms with van der Waals surface area (Å²) in [6.07, 6.45) is 1.62. The van der Waals surface area contributed by atoms with Crippen LogP contribution in [0.5, 0.6) is 0 Å². The molecule has 0 unspecified atom stereocenters. The summed E-state index contributed by atoms with van der Waals surface area (Å²) in [6, 6.07) is 19.9. The standard InChI is InChI=1S/C20H14FNOS/c1-14-5-8-19(9-6-14)24-20-10-7-18(23-20)12-16(13-22)15-3-2-4-17(21)11-15/h2-12H,1H3/b16-12-. The fraction of sp³-hybridized carbons (Fsp3) is 0.0500. The molecule has 0 amide bonds. The van der Waals surface area contributed by atoms with E-state index in [-0.39, 0.29) is 5.82 Å². The quantitative estimate of drug-likeness (QED) is 0.553. The predicted octanol–water partition coefficient (Wildman–Crippen LogP) is 5.94. The van der Waals surface area contributed by atoms with E-state index in [4.69, 9.17) is 4.42 Å². The number of rotatable bonds is 4. The van der Waals surface area contributed by atoms with Crippen LogP contribution in [0.2, 0.25) is 0 Å². The van der Waals surface area contributed by atoms with Gasteiger partial charge >= 0.3 is 0 Å². The van der Waals surface area contributed by atoms with Gasteiger partial charge in [0, 0.05) is 4.90 Å². The predicted molar refractivity (Wildman–Crippen MR) is 93.9 cm³/mol. The molecule has 0 bridgehead atoms. The van der Waals surface area contributed by atoms with Crippen LogP contribution in [0.3, 0.4) is 0 Å². The zero-order valence-corrected chi connectivity index (χ0v) is 13.8. The van der Waals surface area contributed by atoms with Crippen molar-refractivity contribution >= 4 is 23.4 Å². The van der Waals surface area contributed by atoms with E-state index in [1.54, 1.807) is 24.3 Å². The Kier molecular flexibility index (Phi) is 4.83. The van der Waals surface area contributed by atoms with Gasteiger partial charge in [-0.25, -0.2) is 4.39 Å². The highest BCUT2D eigenvalue weighted by atomic mass is 32.2. The lowest BCUT2D eigenvalue weighted by Gasteiger charge is -1.99. The molecule has 2 nitrogen and oxygen atoms in total. The molecular formula is C20H14FNOS. The van der Waals surface area contributed by atoms with Gasteiger partial charge in [-0.1, -0.05) is 41.6 Å². The van der Waals surface area contributed by atoms with E-state index in [2.05, 4.69) is 6.07 Å². The number of allylic oxidation sites excluding steroid dienone is 1. The smallest absolute Gasteiger partial charge is 0.165 e. The molecule has 2 aromatic carbocycles. The third kappa shape index (κ3) is 3.95. The van der Waals surface area contributed by atoms with Crippen molar-refractivity contribution in [2.45, 2.75) is 16.9 Å². The first-order chi connectivity index (χ1) is 11.6. The minimum atomic E-state index is -0.372. The van der Waals surface area contributed by atoms with Crippen molar-refractivity contribution in [1.82, 2.24) is 0 Å². The molecule has 24 heavy (non-hydrogen) atoms. The molecule has 0 aliphatic rings. The molecule has 0 fully saturated rings. The first-order valence-corrected chi connectivity index (χ1v) is 8.18. The second kappa shape index (κ2) is 7.20. The Morgan fingerprint density at radius 1 is 1.12 bits per heavy atom. The summed E-state index contributed by atoms with van der Waals surface area (Å²) in [5, 5.41) is 10.0. The Balaban J connectivity index is 1.81. The van der Waals surface area contributed by atoms with Crippen molar-refractivity contribution in [2.24, 2.45) is 0 Å². The van der Waals surface area contributed by atoms with Crippen LogP contribution >= 0.6 is 11.8 Å². The van der Waals surface area contributed by atoms with Crippen molar-refractivity contribution in [3.05, 3.63) is 83.4 Å². The molecular weight excluding hydrogens is 321 g/mol. The number of hydrogen-bond donors (Lipinski definition) is 0. The van der Waals surface area contributed by atoms with Crippen LogP contribution in [0, 0.1) is 24.1 Å². The molecule has 0 atom stereocenters. The van der Waals surface area contributed by atoms with E-state index < -0.39 is 0 Å². The number of benzene rings is 2. The van der Waals surface area contributed by atoms with Crippen molar-refractivity contribution in [1.29, 1.82) is 5.26 Å². The van der Waals surface area contributed by atoms with Crippen molar-refractivity contribution in [3.8, 4) is 6.07 Å². The van der Waals surface area contributed by atoms with Gasteiger partial charge in [0.15, 0.2) is 5.09 Å². The fourth-order valence-electron chi connectivity index (χ4n) is 2.17. The van der Waals surface area contributed by atoms with Crippen LogP contribution in [0.15, 0.2) is 75.1 Å². The molecule has 0 aliphatic carbocycles. The molecule has 1 aromatic heterocycles. The lowest BCUT2D eigenvalue weighted by Crippen LogP contribution is -1.83. The van der Waals surface area contributed by atoms with Crippen LogP contribution in [-0.2, 0) is 0 Å². The molecule has 3 rings (SSSR count). The van der Waals surface area contributed by atoms with Gasteiger partial charge in [0.05, 0.1) is 11.6 Å². The monoisotopic (exact) mass is 335 g/mol. The summed E-state index contributed by atoms with van der Waals surface area (Å²) in [5.74, 6) is 0.189. The molecule has 0 aliphatic heterocycles. The average Bonchev–Trinajstić information content (AvgIpc) is 3.02. The third-order valence-corrected chi connectivity index (χ3v) is 4.31. The summed E-state index contributed by atoms with van der Waals surface area (Å²) in [5.41, 5.74) is 2.09. The summed E-state index contributed by atoms with van der Waals surface area (Å²) in [4.78, 5) is 1.08. The molecule has 0 saturated carbocycles. The zero-order valence-electron chi connectivity index (χ0n) is 13.0. The lowest BCUT2D eigenvalue weighted by molar-refractivity contribution is 0.466. The van der Waals surface area contributed by atoms with Gasteiger partial charge in [0.1, 0.15) is 11.6 Å². The molecule has 0 saturated heterocycles. The fourth-order valence-corrected chi connectivity index (χ4v) is 2.95. The van der Waals surface area contributed by atoms with Crippen LogP contribution in [0.4, 0.5) is 4.39 Å². The molecule has 4 heteroatoms. The van der Waals surface area contributed by atoms with Crippen molar-refractivity contribution in [3.63, 3.8) is 0 Å². The van der Waals surface area contributed by atoms with E-state index in [0.29, 0.717) is 16.9 Å². The minimum Gasteiger partial charge on any atom is -0.450 e. The van der Waals surface area contributed by atoms with Crippen LogP contribution in [-0.4, -0.2) is 0 Å². The molecule has 0 spiro atoms. The highest BCUT2D eigenvalue weighted by Gasteiger charge is 2.06. The van der Waals surface area contributed by atoms with Crippen molar-refractivity contribution in [2.75, 3.05) is 0 Å². The Labute approximate surface area is 144 Å². The van der Waals surface area contributed by atoms with E-state index in [9.17, 15) is 9.65 Å². The largest absolute Gasteiger partial charge is 0.450 e. The topological polar surface area (TPSA) is 36.9 Å². The van der Waals surface area contributed by atoms with E-state index in [1.807, 2.05) is 37.3 Å². The van der Waals surface area contributed by atoms with Gasteiger partial charge in [-0.3, -0.25) is 0 Å². The molecule has 0 radical (unpaired) electrons. The van der Waals surface area contributed by atoms with E-state index in [1.165, 1.54) is 29.5 Å². The van der Waals surface area contributed by atoms with E-state index in [0.717, 1.165) is 9.99 Å². The SMILES string of the molecule is Cc1ccc(Sc2ccc(/C=C(/C#N)c3cccc(F)c3)o2)cc1. The maximum absolute atomic E-state index is 13.3. The summed E-state index contributed by atoms with van der Waals surface area (Å²) in [6.45, 7) is 2.04. The normalized spacial score (nSPS) is 11.3. The second-order valence-corrected chi connectivity index (χ2v) is 6.33. The van der Waals surface area contributed by atoms with Gasteiger partial charge in [0.2, 0.25) is 0 Å². The van der Waals surface area contributed by atoms with Gasteiger partial charge in [-0.05, 0) is 55.0 Å². The number of aryl methyl sites for hydroxylation is 1. The van der Waals surface area contributed by atoms with Gasteiger partial charge in [-0.2, -0.15) is 5.26 Å². The van der Waals surface area contributed by atoms with Gasteiger partial charge in [-0.15, -0.1) is 0 Å². The first-order valence-electron chi connectivity index (χ1n) is 7.36. The number of halogens is 1. The summed E-state index contributed by atoms with van der Waals surface area (Å²) < 4.78 is 19.1. The lowest BCUT2D eigenvalue weighted by atomic mass is 10.1. The number of furan rings is 1. The first kappa shape index (κ1) is 16.1. The molecule has 3 aromatic rings. The van der Waals surface area contributed by atoms with E-state index >= 15 is 0 Å². The molecule has 1 heterocycles. The Hall–Kier alpha value is -2.77.